The lowest BCUT2D eigenvalue weighted by Gasteiger charge is -2.18. The number of aromatic nitrogens is 4. The zero-order valence-corrected chi connectivity index (χ0v) is 13.8. The summed E-state index contributed by atoms with van der Waals surface area (Å²) in [4.78, 5) is 24.6. The fourth-order valence-corrected chi connectivity index (χ4v) is 2.06. The molecule has 0 saturated heterocycles. The Morgan fingerprint density at radius 2 is 1.91 bits per heavy atom. The summed E-state index contributed by atoms with van der Waals surface area (Å²) < 4.78 is 2.93. The van der Waals surface area contributed by atoms with Crippen molar-refractivity contribution < 1.29 is 4.79 Å². The number of aryl methyl sites for hydroxylation is 2. The Balaban J connectivity index is 2.35. The smallest absolute Gasteiger partial charge is 0.279 e. The predicted octanol–water partition coefficient (Wildman–Crippen LogP) is 1.60. The summed E-state index contributed by atoms with van der Waals surface area (Å²) in [7, 11) is 1.53. The van der Waals surface area contributed by atoms with Crippen molar-refractivity contribution >= 4 is 11.6 Å². The van der Waals surface area contributed by atoms with Gasteiger partial charge in [-0.15, -0.1) is 0 Å². The first-order valence-electron chi connectivity index (χ1n) is 7.02. The second-order valence-corrected chi connectivity index (χ2v) is 6.31. The maximum atomic E-state index is 12.4. The highest BCUT2D eigenvalue weighted by molar-refractivity contribution is 6.04. The number of anilines is 1. The van der Waals surface area contributed by atoms with Crippen molar-refractivity contribution in [3.63, 3.8) is 0 Å². The van der Waals surface area contributed by atoms with Crippen molar-refractivity contribution in [3.05, 3.63) is 39.6 Å². The molecule has 0 unspecified atom stereocenters. The molecule has 2 rings (SSSR count). The van der Waals surface area contributed by atoms with Crippen LogP contribution in [0.5, 0.6) is 0 Å². The topological polar surface area (TPSA) is 81.8 Å². The molecule has 0 fully saturated rings. The number of nitrogens with zero attached hydrogens (tertiary/aromatic N) is 4. The molecule has 0 atom stereocenters. The van der Waals surface area contributed by atoms with E-state index in [1.54, 1.807) is 30.9 Å². The first-order chi connectivity index (χ1) is 10.1. The lowest BCUT2D eigenvalue weighted by molar-refractivity contribution is 0.102. The molecule has 7 nitrogen and oxygen atoms in total. The molecule has 0 bridgehead atoms. The Labute approximate surface area is 129 Å². The number of hydrogen-bond acceptors (Lipinski definition) is 4. The van der Waals surface area contributed by atoms with E-state index in [-0.39, 0.29) is 11.1 Å². The van der Waals surface area contributed by atoms with Gasteiger partial charge in [-0.05, 0) is 40.2 Å². The zero-order chi connectivity index (χ0) is 16.7. The number of amides is 1. The van der Waals surface area contributed by atoms with Crippen LogP contribution in [0.15, 0.2) is 17.2 Å². The first kappa shape index (κ1) is 15.9. The van der Waals surface area contributed by atoms with Crippen LogP contribution in [-0.2, 0) is 12.6 Å². The maximum absolute atomic E-state index is 12.4. The van der Waals surface area contributed by atoms with Gasteiger partial charge in [0.05, 0.1) is 23.1 Å². The quantitative estimate of drug-likeness (QED) is 0.913. The predicted molar refractivity (Wildman–Crippen MR) is 84.1 cm³/mol. The Bertz CT molecular complexity index is 780. The molecule has 2 aromatic rings. The highest BCUT2D eigenvalue weighted by Crippen LogP contribution is 2.16. The number of hydrogen-bond donors (Lipinski definition) is 1. The van der Waals surface area contributed by atoms with E-state index in [4.69, 9.17) is 0 Å². The molecule has 0 saturated carbocycles. The monoisotopic (exact) mass is 303 g/mol. The van der Waals surface area contributed by atoms with Gasteiger partial charge in [-0.3, -0.25) is 14.3 Å². The van der Waals surface area contributed by atoms with Crippen LogP contribution in [0.2, 0.25) is 0 Å². The molecule has 0 aliphatic carbocycles. The van der Waals surface area contributed by atoms with Crippen molar-refractivity contribution in [1.82, 2.24) is 19.6 Å². The summed E-state index contributed by atoms with van der Waals surface area (Å²) in [5.74, 6) is -0.447. The number of rotatable bonds is 2. The summed E-state index contributed by atoms with van der Waals surface area (Å²) in [5, 5.41) is 11.0. The van der Waals surface area contributed by atoms with Gasteiger partial charge in [0, 0.05) is 13.2 Å². The molecule has 2 heterocycles. The minimum Gasteiger partial charge on any atom is -0.319 e. The van der Waals surface area contributed by atoms with Crippen LogP contribution >= 0.6 is 0 Å². The van der Waals surface area contributed by atoms with E-state index in [2.05, 4.69) is 15.5 Å². The van der Waals surface area contributed by atoms with Gasteiger partial charge >= 0.3 is 0 Å². The third-order valence-electron chi connectivity index (χ3n) is 3.48. The summed E-state index contributed by atoms with van der Waals surface area (Å²) in [5.41, 5.74) is 1.31. The molecule has 1 amide bonds. The molecule has 118 valence electrons. The third kappa shape index (κ3) is 2.93. The van der Waals surface area contributed by atoms with E-state index < -0.39 is 11.5 Å². The van der Waals surface area contributed by atoms with Crippen LogP contribution in [-0.4, -0.2) is 25.5 Å². The van der Waals surface area contributed by atoms with Crippen molar-refractivity contribution in [3.8, 4) is 0 Å². The van der Waals surface area contributed by atoms with Gasteiger partial charge in [-0.25, -0.2) is 4.68 Å². The lowest BCUT2D eigenvalue weighted by Crippen LogP contribution is -2.31. The number of carbonyl (C=O) groups is 1. The van der Waals surface area contributed by atoms with Crippen LogP contribution in [0.25, 0.3) is 0 Å². The van der Waals surface area contributed by atoms with Crippen molar-refractivity contribution in [1.29, 1.82) is 0 Å². The van der Waals surface area contributed by atoms with Gasteiger partial charge in [0.1, 0.15) is 5.56 Å². The molecule has 7 heteroatoms. The first-order valence-corrected chi connectivity index (χ1v) is 7.02. The van der Waals surface area contributed by atoms with Gasteiger partial charge in [0.25, 0.3) is 11.5 Å². The van der Waals surface area contributed by atoms with Crippen LogP contribution in [0.3, 0.4) is 0 Å². The SMILES string of the molecule is Cc1nn(C)c(=O)c(C(=O)Nc2cnn(C(C)(C)C)c2)c1C. The maximum Gasteiger partial charge on any atom is 0.279 e. The van der Waals surface area contributed by atoms with Crippen LogP contribution in [0.4, 0.5) is 5.69 Å². The second-order valence-electron chi connectivity index (χ2n) is 6.31. The average molecular weight is 303 g/mol. The summed E-state index contributed by atoms with van der Waals surface area (Å²) in [6, 6.07) is 0. The molecule has 0 radical (unpaired) electrons. The van der Waals surface area contributed by atoms with Gasteiger partial charge in [0.2, 0.25) is 0 Å². The fourth-order valence-electron chi connectivity index (χ4n) is 2.06. The van der Waals surface area contributed by atoms with Crippen LogP contribution < -0.4 is 10.9 Å². The minimum absolute atomic E-state index is 0.110. The fraction of sp³-hybridized carbons (Fsp3) is 0.467. The molecular formula is C15H21N5O2. The highest BCUT2D eigenvalue weighted by atomic mass is 16.2. The summed E-state index contributed by atoms with van der Waals surface area (Å²) in [6.07, 6.45) is 3.31. The van der Waals surface area contributed by atoms with Gasteiger partial charge < -0.3 is 5.32 Å². The van der Waals surface area contributed by atoms with Gasteiger partial charge in [-0.1, -0.05) is 0 Å². The van der Waals surface area contributed by atoms with E-state index in [0.29, 0.717) is 16.9 Å². The van der Waals surface area contributed by atoms with E-state index in [9.17, 15) is 9.59 Å². The molecule has 0 aromatic carbocycles. The summed E-state index contributed by atoms with van der Waals surface area (Å²) >= 11 is 0. The Morgan fingerprint density at radius 3 is 2.45 bits per heavy atom. The second kappa shape index (κ2) is 5.40. The molecule has 22 heavy (non-hydrogen) atoms. The molecule has 0 spiro atoms. The Kier molecular flexibility index (Phi) is 3.91. The van der Waals surface area contributed by atoms with E-state index in [1.807, 2.05) is 20.8 Å². The molecular weight excluding hydrogens is 282 g/mol. The van der Waals surface area contributed by atoms with Crippen LogP contribution in [0.1, 0.15) is 42.4 Å². The molecule has 2 aromatic heterocycles. The van der Waals surface area contributed by atoms with Gasteiger partial charge in [-0.2, -0.15) is 10.2 Å². The van der Waals surface area contributed by atoms with Crippen molar-refractivity contribution in [2.24, 2.45) is 7.05 Å². The zero-order valence-electron chi connectivity index (χ0n) is 13.8. The average Bonchev–Trinajstić information content (AvgIpc) is 2.85. The molecule has 0 aliphatic heterocycles. The van der Waals surface area contributed by atoms with Crippen LogP contribution in [0, 0.1) is 13.8 Å². The van der Waals surface area contributed by atoms with Crippen molar-refractivity contribution in [2.75, 3.05) is 5.32 Å². The standard InChI is InChI=1S/C15H21N5O2/c1-9-10(2)18-19(6)14(22)12(9)13(21)17-11-7-16-20(8-11)15(3,4)5/h7-8H,1-6H3,(H,17,21). The van der Waals surface area contributed by atoms with E-state index in [1.165, 1.54) is 11.7 Å². The highest BCUT2D eigenvalue weighted by Gasteiger charge is 2.20. The number of carbonyl (C=O) groups excluding carboxylic acids is 1. The lowest BCUT2D eigenvalue weighted by atomic mass is 10.1. The third-order valence-corrected chi connectivity index (χ3v) is 3.48. The number of nitrogens with one attached hydrogen (secondary N) is 1. The largest absolute Gasteiger partial charge is 0.319 e. The minimum atomic E-state index is -0.447. The van der Waals surface area contributed by atoms with Crippen molar-refractivity contribution in [2.45, 2.75) is 40.2 Å². The van der Waals surface area contributed by atoms with E-state index in [0.717, 1.165) is 0 Å². The molecule has 0 aliphatic rings. The normalized spacial score (nSPS) is 11.5. The summed E-state index contributed by atoms with van der Waals surface area (Å²) in [6.45, 7) is 9.52. The van der Waals surface area contributed by atoms with Gasteiger partial charge in [0.15, 0.2) is 0 Å². The van der Waals surface area contributed by atoms with E-state index >= 15 is 0 Å². The Morgan fingerprint density at radius 1 is 1.27 bits per heavy atom. The Hall–Kier alpha value is -2.44. The molecule has 1 N–H and O–H groups in total.